The molecule has 0 spiro atoms. The van der Waals surface area contributed by atoms with Gasteiger partial charge in [0.1, 0.15) is 23.3 Å². The van der Waals surface area contributed by atoms with E-state index in [1.54, 1.807) is 13.2 Å². The molecule has 0 aliphatic rings. The van der Waals surface area contributed by atoms with E-state index in [2.05, 4.69) is 20.4 Å². The molecule has 0 aromatic carbocycles. The minimum Gasteiger partial charge on any atom is -0.469 e. The van der Waals surface area contributed by atoms with Gasteiger partial charge in [-0.05, 0) is 19.1 Å². The summed E-state index contributed by atoms with van der Waals surface area (Å²) in [5.74, 6) is 0.764. The summed E-state index contributed by atoms with van der Waals surface area (Å²) >= 11 is 0. The molecule has 0 atom stereocenters. The van der Waals surface area contributed by atoms with Crippen LogP contribution in [-0.2, 0) is 11.2 Å². The van der Waals surface area contributed by atoms with E-state index in [0.29, 0.717) is 24.2 Å². The van der Waals surface area contributed by atoms with Gasteiger partial charge in [-0.1, -0.05) is 5.16 Å². The van der Waals surface area contributed by atoms with Gasteiger partial charge >= 0.3 is 5.97 Å². The van der Waals surface area contributed by atoms with Crippen molar-refractivity contribution in [2.45, 2.75) is 13.3 Å². The summed E-state index contributed by atoms with van der Waals surface area (Å²) in [4.78, 5) is 20.0. The lowest BCUT2D eigenvalue weighted by atomic mass is 10.2. The van der Waals surface area contributed by atoms with Gasteiger partial charge in [0.15, 0.2) is 0 Å². The average molecular weight is 302 g/mol. The van der Waals surface area contributed by atoms with E-state index in [-0.39, 0.29) is 18.0 Å². The standard InChI is InChI=1S/C14H14N4O4/c1-2-20-14(19)11-10-12(16-8-17-13(10)22-18-11)15-6-5-9-4-3-7-21-9/h3-4,7-8H,2,5-6H2,1H3,(H,15,16,17). The Balaban J connectivity index is 1.82. The quantitative estimate of drug-likeness (QED) is 0.690. The molecular formula is C14H14N4O4. The third-order valence-electron chi connectivity index (χ3n) is 2.99. The van der Waals surface area contributed by atoms with Crippen molar-refractivity contribution >= 4 is 22.9 Å². The van der Waals surface area contributed by atoms with Crippen LogP contribution in [0.2, 0.25) is 0 Å². The van der Waals surface area contributed by atoms with Crippen LogP contribution in [0.3, 0.4) is 0 Å². The number of carbonyl (C=O) groups excluding carboxylic acids is 1. The normalized spacial score (nSPS) is 10.8. The van der Waals surface area contributed by atoms with Crippen molar-refractivity contribution in [1.82, 2.24) is 15.1 Å². The molecule has 0 aliphatic carbocycles. The highest BCUT2D eigenvalue weighted by Gasteiger charge is 2.21. The van der Waals surface area contributed by atoms with Crippen LogP contribution >= 0.6 is 0 Å². The number of carbonyl (C=O) groups is 1. The first-order valence-corrected chi connectivity index (χ1v) is 6.83. The summed E-state index contributed by atoms with van der Waals surface area (Å²) in [6, 6.07) is 3.72. The molecule has 0 saturated carbocycles. The van der Waals surface area contributed by atoms with Crippen LogP contribution < -0.4 is 5.32 Å². The highest BCUT2D eigenvalue weighted by Crippen LogP contribution is 2.23. The maximum atomic E-state index is 11.9. The molecule has 0 radical (unpaired) electrons. The fourth-order valence-electron chi connectivity index (χ4n) is 2.02. The summed E-state index contributed by atoms with van der Waals surface area (Å²) in [5.41, 5.74) is 0.302. The Bertz CT molecular complexity index is 766. The van der Waals surface area contributed by atoms with Gasteiger partial charge < -0.3 is 19.0 Å². The number of nitrogens with zero attached hydrogens (tertiary/aromatic N) is 3. The molecule has 8 heteroatoms. The molecule has 0 saturated heterocycles. The average Bonchev–Trinajstić information content (AvgIpc) is 3.16. The van der Waals surface area contributed by atoms with Crippen LogP contribution in [-0.4, -0.2) is 34.2 Å². The fraction of sp³-hybridized carbons (Fsp3) is 0.286. The minimum absolute atomic E-state index is 0.0675. The van der Waals surface area contributed by atoms with Gasteiger partial charge in [-0.2, -0.15) is 4.98 Å². The Morgan fingerprint density at radius 2 is 2.32 bits per heavy atom. The minimum atomic E-state index is -0.565. The Hall–Kier alpha value is -2.90. The zero-order valence-corrected chi connectivity index (χ0v) is 11.9. The number of furan rings is 1. The molecule has 3 rings (SSSR count). The molecule has 0 fully saturated rings. The van der Waals surface area contributed by atoms with E-state index in [9.17, 15) is 4.79 Å². The van der Waals surface area contributed by atoms with Crippen molar-refractivity contribution in [3.05, 3.63) is 36.2 Å². The van der Waals surface area contributed by atoms with Crippen LogP contribution in [0.15, 0.2) is 33.7 Å². The summed E-state index contributed by atoms with van der Waals surface area (Å²) in [7, 11) is 0. The molecule has 1 N–H and O–H groups in total. The third kappa shape index (κ3) is 2.76. The molecule has 8 nitrogen and oxygen atoms in total. The van der Waals surface area contributed by atoms with Crippen molar-refractivity contribution < 1.29 is 18.5 Å². The topological polar surface area (TPSA) is 103 Å². The molecule has 3 aromatic rings. The van der Waals surface area contributed by atoms with Crippen molar-refractivity contribution in [2.75, 3.05) is 18.5 Å². The molecule has 3 aromatic heterocycles. The molecule has 3 heterocycles. The maximum absolute atomic E-state index is 11.9. The third-order valence-corrected chi connectivity index (χ3v) is 2.99. The van der Waals surface area contributed by atoms with Gasteiger partial charge in [-0.3, -0.25) is 0 Å². The van der Waals surface area contributed by atoms with Gasteiger partial charge in [0.05, 0.1) is 12.9 Å². The number of hydrogen-bond acceptors (Lipinski definition) is 8. The lowest BCUT2D eigenvalue weighted by molar-refractivity contribution is 0.0517. The van der Waals surface area contributed by atoms with E-state index in [0.717, 1.165) is 5.76 Å². The van der Waals surface area contributed by atoms with E-state index < -0.39 is 5.97 Å². The summed E-state index contributed by atoms with van der Waals surface area (Å²) in [5, 5.41) is 7.27. The monoisotopic (exact) mass is 302 g/mol. The highest BCUT2D eigenvalue weighted by molar-refractivity contribution is 6.04. The second-order valence-electron chi connectivity index (χ2n) is 4.41. The zero-order valence-electron chi connectivity index (χ0n) is 11.9. The number of rotatable bonds is 6. The van der Waals surface area contributed by atoms with E-state index >= 15 is 0 Å². The first-order valence-electron chi connectivity index (χ1n) is 6.83. The molecule has 22 heavy (non-hydrogen) atoms. The van der Waals surface area contributed by atoms with E-state index in [1.165, 1.54) is 6.33 Å². The first kappa shape index (κ1) is 14.1. The number of nitrogens with one attached hydrogen (secondary N) is 1. The van der Waals surface area contributed by atoms with E-state index in [1.807, 2.05) is 12.1 Å². The van der Waals surface area contributed by atoms with E-state index in [4.69, 9.17) is 13.7 Å². The molecule has 114 valence electrons. The molecule has 0 aliphatic heterocycles. The number of aromatic nitrogens is 3. The SMILES string of the molecule is CCOC(=O)c1noc2ncnc(NCCc3ccco3)c12. The van der Waals surface area contributed by atoms with Crippen molar-refractivity contribution in [3.8, 4) is 0 Å². The summed E-state index contributed by atoms with van der Waals surface area (Å²) < 4.78 is 15.3. The Morgan fingerprint density at radius 3 is 3.09 bits per heavy atom. The maximum Gasteiger partial charge on any atom is 0.361 e. The largest absolute Gasteiger partial charge is 0.469 e. The smallest absolute Gasteiger partial charge is 0.361 e. The van der Waals surface area contributed by atoms with Gasteiger partial charge in [0.25, 0.3) is 5.71 Å². The van der Waals surface area contributed by atoms with Gasteiger partial charge in [-0.25, -0.2) is 9.78 Å². The van der Waals surface area contributed by atoms with Crippen LogP contribution in [0, 0.1) is 0 Å². The summed E-state index contributed by atoms with van der Waals surface area (Å²) in [6.45, 7) is 2.55. The second kappa shape index (κ2) is 6.25. The second-order valence-corrected chi connectivity index (χ2v) is 4.41. The highest BCUT2D eigenvalue weighted by atomic mass is 16.5. The Kier molecular flexibility index (Phi) is 3.99. The van der Waals surface area contributed by atoms with Gasteiger partial charge in [0, 0.05) is 13.0 Å². The zero-order chi connectivity index (χ0) is 15.4. The van der Waals surface area contributed by atoms with Crippen LogP contribution in [0.5, 0.6) is 0 Å². The van der Waals surface area contributed by atoms with Crippen LogP contribution in [0.1, 0.15) is 23.2 Å². The van der Waals surface area contributed by atoms with Crippen molar-refractivity contribution in [2.24, 2.45) is 0 Å². The number of ether oxygens (including phenoxy) is 1. The lowest BCUT2D eigenvalue weighted by Crippen LogP contribution is -2.09. The first-order chi connectivity index (χ1) is 10.8. The predicted octanol–water partition coefficient (Wildman–Crippen LogP) is 2.04. The molecular weight excluding hydrogens is 288 g/mol. The molecule has 0 unspecified atom stereocenters. The Morgan fingerprint density at radius 1 is 1.41 bits per heavy atom. The van der Waals surface area contributed by atoms with Crippen molar-refractivity contribution in [3.63, 3.8) is 0 Å². The Labute approximate surface area is 125 Å². The molecule has 0 bridgehead atoms. The number of esters is 1. The van der Waals surface area contributed by atoms with Crippen LogP contribution in [0.4, 0.5) is 5.82 Å². The van der Waals surface area contributed by atoms with Gasteiger partial charge in [-0.15, -0.1) is 0 Å². The number of fused-ring (bicyclic) bond motifs is 1. The number of hydrogen-bond donors (Lipinski definition) is 1. The summed E-state index contributed by atoms with van der Waals surface area (Å²) in [6.07, 6.45) is 3.65. The number of anilines is 1. The predicted molar refractivity (Wildman–Crippen MR) is 76.5 cm³/mol. The fourth-order valence-corrected chi connectivity index (χ4v) is 2.02. The van der Waals surface area contributed by atoms with Crippen molar-refractivity contribution in [1.29, 1.82) is 0 Å². The van der Waals surface area contributed by atoms with Crippen LogP contribution in [0.25, 0.3) is 11.1 Å². The lowest BCUT2D eigenvalue weighted by Gasteiger charge is -2.05. The van der Waals surface area contributed by atoms with Gasteiger partial charge in [0.2, 0.25) is 5.69 Å². The molecule has 0 amide bonds.